The summed E-state index contributed by atoms with van der Waals surface area (Å²) in [5, 5.41) is 0.927. The minimum Gasteiger partial charge on any atom is -0.461 e. The number of rotatable bonds is 3. The molecule has 2 heterocycles. The molecule has 1 aliphatic rings. The number of nitrogens with zero attached hydrogens (tertiary/aromatic N) is 1. The fraction of sp³-hybridized carbons (Fsp3) is 0.200. The molecule has 1 aliphatic heterocycles. The van der Waals surface area contributed by atoms with Crippen LogP contribution < -0.4 is 10.6 Å². The molecule has 126 valence electrons. The van der Waals surface area contributed by atoms with Crippen LogP contribution in [0.3, 0.4) is 0 Å². The maximum Gasteiger partial charge on any atom is 0.240 e. The second kappa shape index (κ2) is 5.77. The van der Waals surface area contributed by atoms with E-state index in [4.69, 9.17) is 10.2 Å². The molecule has 0 saturated carbocycles. The highest BCUT2D eigenvalue weighted by molar-refractivity contribution is 6.05. The first kappa shape index (κ1) is 15.4. The fourth-order valence-electron chi connectivity index (χ4n) is 3.60. The van der Waals surface area contributed by atoms with Crippen molar-refractivity contribution in [2.24, 2.45) is 5.73 Å². The average molecular weight is 334 g/mol. The Morgan fingerprint density at radius 3 is 2.68 bits per heavy atom. The van der Waals surface area contributed by atoms with Crippen LogP contribution in [0.2, 0.25) is 0 Å². The Morgan fingerprint density at radius 1 is 1.16 bits per heavy atom. The van der Waals surface area contributed by atoms with Crippen LogP contribution in [0.15, 0.2) is 52.9 Å². The molecular formula is C20H18N2O3. The van der Waals surface area contributed by atoms with E-state index in [0.29, 0.717) is 6.42 Å². The second-order valence-corrected chi connectivity index (χ2v) is 6.32. The molecule has 0 unspecified atom stereocenters. The first-order valence-electron chi connectivity index (χ1n) is 8.22. The van der Waals surface area contributed by atoms with E-state index in [1.165, 1.54) is 0 Å². The van der Waals surface area contributed by atoms with Gasteiger partial charge in [0.15, 0.2) is 0 Å². The lowest BCUT2D eigenvalue weighted by atomic mass is 10.1. The van der Waals surface area contributed by atoms with Gasteiger partial charge < -0.3 is 10.2 Å². The lowest BCUT2D eigenvalue weighted by molar-refractivity contribution is -0.124. The number of benzene rings is 2. The number of carbonyl (C=O) groups is 2. The van der Waals surface area contributed by atoms with Crippen molar-refractivity contribution in [1.29, 1.82) is 0 Å². The second-order valence-electron chi connectivity index (χ2n) is 6.32. The minimum atomic E-state index is -0.636. The predicted octanol–water partition coefficient (Wildman–Crippen LogP) is 2.73. The van der Waals surface area contributed by atoms with Crippen LogP contribution in [0, 0.1) is 6.92 Å². The van der Waals surface area contributed by atoms with E-state index in [0.717, 1.165) is 33.5 Å². The number of hydrogen-bond donors (Lipinski definition) is 1. The molecule has 25 heavy (non-hydrogen) atoms. The highest BCUT2D eigenvalue weighted by atomic mass is 16.3. The molecule has 0 aliphatic carbocycles. The Hall–Kier alpha value is -3.08. The number of furan rings is 1. The maximum absolute atomic E-state index is 13.1. The standard InChI is InChI=1S/C20H18N2O3/c1-12-15(14-7-3-5-9-18(14)25-12)11-19(23)22-16-8-4-2-6-13(16)10-17(22)20(21)24/h2-9,17H,10-11H2,1H3,(H2,21,24)/t17-/m0/s1. The molecule has 1 aromatic heterocycles. The number of para-hydroxylation sites is 2. The first-order chi connectivity index (χ1) is 12.1. The van der Waals surface area contributed by atoms with Crippen molar-refractivity contribution in [3.05, 3.63) is 65.4 Å². The summed E-state index contributed by atoms with van der Waals surface area (Å²) in [5.74, 6) is 0.0828. The van der Waals surface area contributed by atoms with Crippen molar-refractivity contribution in [3.8, 4) is 0 Å². The van der Waals surface area contributed by atoms with Gasteiger partial charge in [0.2, 0.25) is 11.8 Å². The number of hydrogen-bond acceptors (Lipinski definition) is 3. The monoisotopic (exact) mass is 334 g/mol. The molecule has 2 aromatic carbocycles. The summed E-state index contributed by atoms with van der Waals surface area (Å²) in [6, 6.07) is 14.6. The normalized spacial score (nSPS) is 16.2. The third kappa shape index (κ3) is 2.48. The molecule has 0 spiro atoms. The number of nitrogens with two attached hydrogens (primary N) is 1. The fourth-order valence-corrected chi connectivity index (χ4v) is 3.60. The van der Waals surface area contributed by atoms with Crippen molar-refractivity contribution >= 4 is 28.5 Å². The van der Waals surface area contributed by atoms with Gasteiger partial charge in [0.1, 0.15) is 17.4 Å². The Morgan fingerprint density at radius 2 is 1.88 bits per heavy atom. The zero-order chi connectivity index (χ0) is 17.6. The Kier molecular flexibility index (Phi) is 3.57. The van der Waals surface area contributed by atoms with Crippen molar-refractivity contribution in [2.75, 3.05) is 4.90 Å². The summed E-state index contributed by atoms with van der Waals surface area (Å²) in [4.78, 5) is 26.5. The lowest BCUT2D eigenvalue weighted by Gasteiger charge is -2.23. The third-order valence-corrected chi connectivity index (χ3v) is 4.80. The summed E-state index contributed by atoms with van der Waals surface area (Å²) in [7, 11) is 0. The highest BCUT2D eigenvalue weighted by Gasteiger charge is 2.37. The molecule has 0 saturated heterocycles. The topological polar surface area (TPSA) is 76.5 Å². The van der Waals surface area contributed by atoms with Crippen LogP contribution in [0.4, 0.5) is 5.69 Å². The Balaban J connectivity index is 1.72. The number of primary amides is 1. The van der Waals surface area contributed by atoms with Gasteiger partial charge in [0.25, 0.3) is 0 Å². The zero-order valence-corrected chi connectivity index (χ0v) is 13.9. The van der Waals surface area contributed by atoms with Crippen LogP contribution in [0.1, 0.15) is 16.9 Å². The molecule has 3 aromatic rings. The highest BCUT2D eigenvalue weighted by Crippen LogP contribution is 2.33. The molecule has 1 atom stereocenters. The average Bonchev–Trinajstić information content (AvgIpc) is 3.13. The summed E-state index contributed by atoms with van der Waals surface area (Å²) in [6.07, 6.45) is 0.628. The molecule has 0 fully saturated rings. The van der Waals surface area contributed by atoms with E-state index >= 15 is 0 Å². The lowest BCUT2D eigenvalue weighted by Crippen LogP contribution is -2.46. The van der Waals surface area contributed by atoms with Crippen LogP contribution >= 0.6 is 0 Å². The van der Waals surface area contributed by atoms with Gasteiger partial charge in [-0.05, 0) is 24.6 Å². The summed E-state index contributed by atoms with van der Waals surface area (Å²) in [5.41, 5.74) is 8.89. The number of fused-ring (bicyclic) bond motifs is 2. The summed E-state index contributed by atoms with van der Waals surface area (Å²) < 4.78 is 5.74. The van der Waals surface area contributed by atoms with Gasteiger partial charge in [0.05, 0.1) is 6.42 Å². The van der Waals surface area contributed by atoms with E-state index in [2.05, 4.69) is 0 Å². The summed E-state index contributed by atoms with van der Waals surface area (Å²) >= 11 is 0. The minimum absolute atomic E-state index is 0.150. The van der Waals surface area contributed by atoms with Gasteiger partial charge >= 0.3 is 0 Å². The van der Waals surface area contributed by atoms with Crippen LogP contribution in [-0.4, -0.2) is 17.9 Å². The van der Waals surface area contributed by atoms with Crippen molar-refractivity contribution in [1.82, 2.24) is 0 Å². The number of amides is 2. The largest absolute Gasteiger partial charge is 0.461 e. The number of aryl methyl sites for hydroxylation is 1. The van der Waals surface area contributed by atoms with Crippen LogP contribution in [0.25, 0.3) is 11.0 Å². The Bertz CT molecular complexity index is 990. The van der Waals surface area contributed by atoms with E-state index in [1.807, 2.05) is 55.5 Å². The van der Waals surface area contributed by atoms with E-state index < -0.39 is 11.9 Å². The zero-order valence-electron chi connectivity index (χ0n) is 13.9. The van der Waals surface area contributed by atoms with Crippen molar-refractivity contribution in [3.63, 3.8) is 0 Å². The summed E-state index contributed by atoms with van der Waals surface area (Å²) in [6.45, 7) is 1.85. The predicted molar refractivity (Wildman–Crippen MR) is 95.3 cm³/mol. The van der Waals surface area contributed by atoms with Crippen molar-refractivity contribution < 1.29 is 14.0 Å². The molecule has 5 nitrogen and oxygen atoms in total. The quantitative estimate of drug-likeness (QED) is 0.800. The van der Waals surface area contributed by atoms with Gasteiger partial charge in [-0.2, -0.15) is 0 Å². The molecule has 0 bridgehead atoms. The maximum atomic E-state index is 13.1. The number of carbonyl (C=O) groups excluding carboxylic acids is 2. The van der Waals surface area contributed by atoms with E-state index in [9.17, 15) is 9.59 Å². The molecule has 0 radical (unpaired) electrons. The van der Waals surface area contributed by atoms with Gasteiger partial charge in [0, 0.05) is 23.1 Å². The van der Waals surface area contributed by atoms with Crippen LogP contribution in [0.5, 0.6) is 0 Å². The smallest absolute Gasteiger partial charge is 0.240 e. The van der Waals surface area contributed by atoms with Crippen LogP contribution in [-0.2, 0) is 22.4 Å². The van der Waals surface area contributed by atoms with Gasteiger partial charge in [-0.15, -0.1) is 0 Å². The van der Waals surface area contributed by atoms with Gasteiger partial charge in [-0.25, -0.2) is 0 Å². The molecule has 5 heteroatoms. The SMILES string of the molecule is Cc1oc2ccccc2c1CC(=O)N1c2ccccc2C[C@H]1C(N)=O. The molecule has 2 amide bonds. The van der Waals surface area contributed by atoms with Gasteiger partial charge in [-0.1, -0.05) is 36.4 Å². The molecular weight excluding hydrogens is 316 g/mol. The first-order valence-corrected chi connectivity index (χ1v) is 8.22. The van der Waals surface area contributed by atoms with E-state index in [-0.39, 0.29) is 12.3 Å². The third-order valence-electron chi connectivity index (χ3n) is 4.80. The van der Waals surface area contributed by atoms with Gasteiger partial charge in [-0.3, -0.25) is 14.5 Å². The number of anilines is 1. The van der Waals surface area contributed by atoms with Crippen molar-refractivity contribution in [2.45, 2.75) is 25.8 Å². The molecule has 4 rings (SSSR count). The molecule has 2 N–H and O–H groups in total. The van der Waals surface area contributed by atoms with E-state index in [1.54, 1.807) is 4.90 Å². The Labute approximate surface area is 145 Å².